The van der Waals surface area contributed by atoms with Gasteiger partial charge in [0.25, 0.3) is 0 Å². The van der Waals surface area contributed by atoms with Crippen molar-refractivity contribution in [3.05, 3.63) is 0 Å². The number of carbonyl (C=O) groups is 1. The fraction of sp³-hybridized carbons (Fsp3) is 0.727. The number of nitrogens with two attached hydrogens (primary N) is 1. The minimum atomic E-state index is -0.644. The molecule has 0 unspecified atom stereocenters. The molecular formula is C11H19N3O2S. The van der Waals surface area contributed by atoms with E-state index in [9.17, 15) is 4.79 Å². The maximum Gasteiger partial charge on any atom is 0.310 e. The van der Waals surface area contributed by atoms with Gasteiger partial charge >= 0.3 is 5.97 Å². The Hall–Kier alpha value is -1.17. The molecule has 96 valence electrons. The normalized spacial score (nSPS) is 29.0. The van der Waals surface area contributed by atoms with E-state index in [1.54, 1.807) is 6.92 Å². The highest BCUT2D eigenvalue weighted by atomic mass is 32.1. The van der Waals surface area contributed by atoms with Gasteiger partial charge in [-0.3, -0.25) is 10.2 Å². The third kappa shape index (κ3) is 3.39. The molecule has 0 radical (unpaired) electrons. The highest BCUT2D eigenvalue weighted by Gasteiger charge is 2.45. The fourth-order valence-electron chi connectivity index (χ4n) is 1.95. The van der Waals surface area contributed by atoms with Crippen molar-refractivity contribution >= 4 is 29.0 Å². The Bertz CT molecular complexity index is 357. The molecule has 0 aromatic rings. The Morgan fingerprint density at radius 2 is 2.41 bits per heavy atom. The van der Waals surface area contributed by atoms with Crippen molar-refractivity contribution in [3.63, 3.8) is 0 Å². The molecule has 0 spiro atoms. The van der Waals surface area contributed by atoms with Gasteiger partial charge in [-0.2, -0.15) is 5.10 Å². The van der Waals surface area contributed by atoms with Crippen molar-refractivity contribution in [2.75, 3.05) is 0 Å². The summed E-state index contributed by atoms with van der Waals surface area (Å²) >= 11 is 4.66. The van der Waals surface area contributed by atoms with Gasteiger partial charge in [0.2, 0.25) is 0 Å². The number of cyclic esters (lactones) is 1. The van der Waals surface area contributed by atoms with Crippen molar-refractivity contribution in [1.29, 1.82) is 0 Å². The van der Waals surface area contributed by atoms with E-state index in [-0.39, 0.29) is 17.0 Å². The molecule has 0 saturated carbocycles. The molecule has 17 heavy (non-hydrogen) atoms. The number of nitrogens with zero attached hydrogens (tertiary/aromatic N) is 1. The topological polar surface area (TPSA) is 76.7 Å². The average molecular weight is 257 g/mol. The van der Waals surface area contributed by atoms with Crippen LogP contribution in [0.4, 0.5) is 0 Å². The van der Waals surface area contributed by atoms with E-state index in [1.165, 1.54) is 0 Å². The third-order valence-corrected chi connectivity index (χ3v) is 3.12. The standard InChI is InChI=1S/C11H19N3O2S/c1-4-5-8-6-11(3,16-9(8)15)7(2)13-14-10(12)17/h8H,4-6H2,1-3H3,(H3,12,14,17)/b13-7+/t8-,11-/m1/s1. The van der Waals surface area contributed by atoms with E-state index in [2.05, 4.69) is 29.7 Å². The first-order valence-electron chi connectivity index (χ1n) is 5.72. The number of thiocarbonyl (C=S) groups is 1. The van der Waals surface area contributed by atoms with Crippen LogP contribution in [0.2, 0.25) is 0 Å². The van der Waals surface area contributed by atoms with Crippen LogP contribution in [0.3, 0.4) is 0 Å². The second kappa shape index (κ2) is 5.44. The Morgan fingerprint density at radius 1 is 1.76 bits per heavy atom. The predicted octanol–water partition coefficient (Wildman–Crippen LogP) is 1.32. The van der Waals surface area contributed by atoms with Crippen LogP contribution >= 0.6 is 12.2 Å². The van der Waals surface area contributed by atoms with Crippen molar-refractivity contribution in [3.8, 4) is 0 Å². The molecule has 0 aliphatic carbocycles. The van der Waals surface area contributed by atoms with Gasteiger partial charge in [-0.1, -0.05) is 13.3 Å². The van der Waals surface area contributed by atoms with Crippen molar-refractivity contribution in [1.82, 2.24) is 5.43 Å². The lowest BCUT2D eigenvalue weighted by atomic mass is 9.90. The molecule has 1 aliphatic rings. The lowest BCUT2D eigenvalue weighted by Gasteiger charge is -2.22. The summed E-state index contributed by atoms with van der Waals surface area (Å²) in [7, 11) is 0. The Balaban J connectivity index is 2.73. The smallest absolute Gasteiger partial charge is 0.310 e. The monoisotopic (exact) mass is 257 g/mol. The van der Waals surface area contributed by atoms with Crippen LogP contribution < -0.4 is 11.2 Å². The molecule has 1 rings (SSSR count). The van der Waals surface area contributed by atoms with Gasteiger partial charge in [0.15, 0.2) is 5.11 Å². The maximum atomic E-state index is 11.7. The zero-order chi connectivity index (χ0) is 13.1. The second-order valence-electron chi connectivity index (χ2n) is 4.51. The molecule has 3 N–H and O–H groups in total. The summed E-state index contributed by atoms with van der Waals surface area (Å²) < 4.78 is 5.41. The zero-order valence-electron chi connectivity index (χ0n) is 10.4. The number of carbonyl (C=O) groups excluding carboxylic acids is 1. The molecule has 1 aliphatic heterocycles. The Labute approximate surface area is 107 Å². The van der Waals surface area contributed by atoms with Gasteiger partial charge in [0.1, 0.15) is 5.60 Å². The Kier molecular flexibility index (Phi) is 4.45. The van der Waals surface area contributed by atoms with Crippen molar-refractivity contribution < 1.29 is 9.53 Å². The maximum absolute atomic E-state index is 11.7. The van der Waals surface area contributed by atoms with Gasteiger partial charge < -0.3 is 10.5 Å². The molecule has 5 nitrogen and oxygen atoms in total. The molecule has 0 amide bonds. The van der Waals surface area contributed by atoms with E-state index in [1.807, 2.05) is 6.92 Å². The highest BCUT2D eigenvalue weighted by Crippen LogP contribution is 2.34. The lowest BCUT2D eigenvalue weighted by molar-refractivity contribution is -0.146. The summed E-state index contributed by atoms with van der Waals surface area (Å²) in [5, 5.41) is 4.13. The molecule has 2 atom stereocenters. The van der Waals surface area contributed by atoms with E-state index >= 15 is 0 Å². The molecule has 0 aromatic heterocycles. The average Bonchev–Trinajstić information content (AvgIpc) is 2.52. The van der Waals surface area contributed by atoms with Crippen LogP contribution in [-0.4, -0.2) is 22.4 Å². The number of esters is 1. The number of rotatable bonds is 4. The first-order chi connectivity index (χ1) is 7.89. The number of hydrogen-bond acceptors (Lipinski definition) is 4. The lowest BCUT2D eigenvalue weighted by Crippen LogP contribution is -2.36. The van der Waals surface area contributed by atoms with Crippen LogP contribution in [0.1, 0.15) is 40.0 Å². The first kappa shape index (κ1) is 13.9. The van der Waals surface area contributed by atoms with Crippen LogP contribution in [-0.2, 0) is 9.53 Å². The summed E-state index contributed by atoms with van der Waals surface area (Å²) in [5.74, 6) is -0.167. The molecule has 0 aromatic carbocycles. The highest BCUT2D eigenvalue weighted by molar-refractivity contribution is 7.80. The van der Waals surface area contributed by atoms with Crippen LogP contribution in [0.5, 0.6) is 0 Å². The Morgan fingerprint density at radius 3 is 2.94 bits per heavy atom. The summed E-state index contributed by atoms with van der Waals surface area (Å²) in [4.78, 5) is 11.7. The van der Waals surface area contributed by atoms with Crippen LogP contribution in [0.25, 0.3) is 0 Å². The van der Waals surface area contributed by atoms with Gasteiger partial charge in [0.05, 0.1) is 11.6 Å². The summed E-state index contributed by atoms with van der Waals surface area (Å²) in [6, 6.07) is 0. The summed E-state index contributed by atoms with van der Waals surface area (Å²) in [6.07, 6.45) is 2.48. The molecule has 1 heterocycles. The van der Waals surface area contributed by atoms with Crippen molar-refractivity contribution in [2.45, 2.75) is 45.6 Å². The number of hydrazone groups is 1. The molecule has 0 bridgehead atoms. The van der Waals surface area contributed by atoms with E-state index < -0.39 is 5.60 Å². The SMILES string of the molecule is CCC[C@@H]1C[C@](C)(/C(C)=N/NC(N)=S)OC1=O. The number of nitrogens with one attached hydrogen (secondary N) is 1. The van der Waals surface area contributed by atoms with Crippen molar-refractivity contribution in [2.24, 2.45) is 16.8 Å². The van der Waals surface area contributed by atoms with Gasteiger partial charge in [0, 0.05) is 6.42 Å². The van der Waals surface area contributed by atoms with E-state index in [4.69, 9.17) is 10.5 Å². The minimum absolute atomic E-state index is 0.0278. The van der Waals surface area contributed by atoms with Crippen LogP contribution in [0.15, 0.2) is 5.10 Å². The first-order valence-corrected chi connectivity index (χ1v) is 6.13. The van der Waals surface area contributed by atoms with Gasteiger partial charge in [-0.15, -0.1) is 0 Å². The van der Waals surface area contributed by atoms with Gasteiger partial charge in [-0.05, 0) is 32.5 Å². The van der Waals surface area contributed by atoms with E-state index in [0.717, 1.165) is 12.8 Å². The molecule has 1 fully saturated rings. The summed E-state index contributed by atoms with van der Waals surface area (Å²) in [5.41, 5.74) is 7.84. The quantitative estimate of drug-likeness (QED) is 0.344. The second-order valence-corrected chi connectivity index (χ2v) is 4.95. The van der Waals surface area contributed by atoms with E-state index in [0.29, 0.717) is 12.1 Å². The molecule has 6 heteroatoms. The largest absolute Gasteiger partial charge is 0.453 e. The summed E-state index contributed by atoms with van der Waals surface area (Å²) in [6.45, 7) is 5.71. The number of hydrogen-bond donors (Lipinski definition) is 2. The predicted molar refractivity (Wildman–Crippen MR) is 70.5 cm³/mol. The zero-order valence-corrected chi connectivity index (χ0v) is 11.3. The van der Waals surface area contributed by atoms with Crippen LogP contribution in [0, 0.1) is 5.92 Å². The number of ether oxygens (including phenoxy) is 1. The molecular weight excluding hydrogens is 238 g/mol. The minimum Gasteiger partial charge on any atom is -0.453 e. The fourth-order valence-corrected chi connectivity index (χ4v) is 1.99. The third-order valence-electron chi connectivity index (χ3n) is 3.03. The van der Waals surface area contributed by atoms with Gasteiger partial charge in [-0.25, -0.2) is 0 Å². The molecule has 1 saturated heterocycles.